The SMILES string of the molecule is CCCOc1cccc(-c2nnc(CCC(=O)N(C)C3CCCCC3)c(=O)[nH]2)c1. The maximum Gasteiger partial charge on any atom is 0.273 e. The van der Waals surface area contributed by atoms with Crippen LogP contribution < -0.4 is 10.3 Å². The number of nitrogens with one attached hydrogen (secondary N) is 1. The maximum absolute atomic E-state index is 12.5. The van der Waals surface area contributed by atoms with Crippen molar-refractivity contribution in [1.29, 1.82) is 0 Å². The van der Waals surface area contributed by atoms with Crippen molar-refractivity contribution in [3.8, 4) is 17.1 Å². The van der Waals surface area contributed by atoms with Gasteiger partial charge in [0.2, 0.25) is 5.91 Å². The number of nitrogens with zero attached hydrogens (tertiary/aromatic N) is 3. The van der Waals surface area contributed by atoms with E-state index in [1.807, 2.05) is 43.1 Å². The molecule has 3 rings (SSSR count). The number of H-pyrrole nitrogens is 1. The van der Waals surface area contributed by atoms with Gasteiger partial charge in [0.05, 0.1) is 6.61 Å². The van der Waals surface area contributed by atoms with E-state index in [2.05, 4.69) is 15.2 Å². The van der Waals surface area contributed by atoms with E-state index in [1.54, 1.807) is 0 Å². The molecule has 0 atom stereocenters. The van der Waals surface area contributed by atoms with Crippen molar-refractivity contribution in [3.63, 3.8) is 0 Å². The fraction of sp³-hybridized carbons (Fsp3) is 0.545. The van der Waals surface area contributed by atoms with Gasteiger partial charge in [0, 0.05) is 31.5 Å². The molecule has 1 heterocycles. The van der Waals surface area contributed by atoms with Crippen LogP contribution in [-0.4, -0.2) is 45.7 Å². The summed E-state index contributed by atoms with van der Waals surface area (Å²) in [5, 5.41) is 8.24. The van der Waals surface area contributed by atoms with E-state index < -0.39 is 0 Å². The van der Waals surface area contributed by atoms with Gasteiger partial charge in [-0.25, -0.2) is 0 Å². The monoisotopic (exact) mass is 398 g/mol. The Morgan fingerprint density at radius 3 is 2.76 bits per heavy atom. The first kappa shape index (κ1) is 21.0. The van der Waals surface area contributed by atoms with Crippen molar-refractivity contribution in [1.82, 2.24) is 20.1 Å². The van der Waals surface area contributed by atoms with Crippen LogP contribution in [0.25, 0.3) is 11.4 Å². The van der Waals surface area contributed by atoms with Crippen LogP contribution in [0.4, 0.5) is 0 Å². The van der Waals surface area contributed by atoms with Crippen molar-refractivity contribution in [2.45, 2.75) is 64.3 Å². The van der Waals surface area contributed by atoms with Gasteiger partial charge in [-0.15, -0.1) is 10.2 Å². The molecule has 1 aliphatic carbocycles. The van der Waals surface area contributed by atoms with E-state index in [1.165, 1.54) is 19.3 Å². The maximum atomic E-state index is 12.5. The van der Waals surface area contributed by atoms with Crippen molar-refractivity contribution in [3.05, 3.63) is 40.3 Å². The fourth-order valence-corrected chi connectivity index (χ4v) is 3.68. The summed E-state index contributed by atoms with van der Waals surface area (Å²) in [7, 11) is 1.87. The summed E-state index contributed by atoms with van der Waals surface area (Å²) < 4.78 is 5.63. The number of carbonyl (C=O) groups is 1. The Labute approximate surface area is 171 Å². The number of aromatic nitrogens is 3. The van der Waals surface area contributed by atoms with E-state index in [-0.39, 0.29) is 30.0 Å². The zero-order chi connectivity index (χ0) is 20.6. The van der Waals surface area contributed by atoms with Crippen LogP contribution in [0, 0.1) is 0 Å². The van der Waals surface area contributed by atoms with E-state index in [0.29, 0.717) is 18.5 Å². The molecule has 29 heavy (non-hydrogen) atoms. The molecule has 2 aromatic rings. The third-order valence-corrected chi connectivity index (χ3v) is 5.44. The smallest absolute Gasteiger partial charge is 0.273 e. The number of amides is 1. The molecule has 1 aromatic heterocycles. The van der Waals surface area contributed by atoms with E-state index in [0.717, 1.165) is 30.6 Å². The number of carbonyl (C=O) groups excluding carboxylic acids is 1. The Balaban J connectivity index is 1.62. The normalized spacial score (nSPS) is 14.6. The van der Waals surface area contributed by atoms with Crippen LogP contribution >= 0.6 is 0 Å². The predicted molar refractivity (Wildman–Crippen MR) is 112 cm³/mol. The molecule has 0 aliphatic heterocycles. The molecular formula is C22H30N4O3. The largest absolute Gasteiger partial charge is 0.494 e. The highest BCUT2D eigenvalue weighted by Crippen LogP contribution is 2.22. The Hall–Kier alpha value is -2.70. The van der Waals surface area contributed by atoms with E-state index in [9.17, 15) is 9.59 Å². The molecule has 0 saturated heterocycles. The number of ether oxygens (including phenoxy) is 1. The quantitative estimate of drug-likeness (QED) is 0.737. The Morgan fingerprint density at radius 2 is 2.03 bits per heavy atom. The van der Waals surface area contributed by atoms with E-state index in [4.69, 9.17) is 4.74 Å². The second-order valence-electron chi connectivity index (χ2n) is 7.62. The summed E-state index contributed by atoms with van der Waals surface area (Å²) in [5.41, 5.74) is 0.725. The standard InChI is InChI=1S/C22H30N4O3/c1-3-14-29-18-11-7-8-16(15-18)21-23-22(28)19(24-25-21)12-13-20(27)26(2)17-9-5-4-6-10-17/h7-8,11,15,17H,3-6,9-10,12-14H2,1-2H3,(H,23,25,28). The minimum Gasteiger partial charge on any atom is -0.494 e. The molecule has 0 bridgehead atoms. The number of aryl methyl sites for hydroxylation is 1. The first-order valence-corrected chi connectivity index (χ1v) is 10.5. The van der Waals surface area contributed by atoms with Crippen molar-refractivity contribution >= 4 is 5.91 Å². The van der Waals surface area contributed by atoms with Gasteiger partial charge in [0.15, 0.2) is 5.82 Å². The van der Waals surface area contributed by atoms with Gasteiger partial charge in [-0.05, 0) is 31.4 Å². The molecule has 1 N–H and O–H groups in total. The van der Waals surface area contributed by atoms with Gasteiger partial charge < -0.3 is 14.6 Å². The molecular weight excluding hydrogens is 368 g/mol. The van der Waals surface area contributed by atoms with Gasteiger partial charge in [0.1, 0.15) is 11.4 Å². The minimum absolute atomic E-state index is 0.0583. The Bertz CT molecular complexity index is 874. The zero-order valence-electron chi connectivity index (χ0n) is 17.3. The van der Waals surface area contributed by atoms with Crippen molar-refractivity contribution in [2.24, 2.45) is 0 Å². The summed E-state index contributed by atoms with van der Waals surface area (Å²) >= 11 is 0. The van der Waals surface area contributed by atoms with Crippen LogP contribution in [-0.2, 0) is 11.2 Å². The fourth-order valence-electron chi connectivity index (χ4n) is 3.68. The molecule has 0 spiro atoms. The molecule has 0 radical (unpaired) electrons. The summed E-state index contributed by atoms with van der Waals surface area (Å²) in [5.74, 6) is 1.18. The second-order valence-corrected chi connectivity index (χ2v) is 7.62. The number of hydrogen-bond acceptors (Lipinski definition) is 5. The molecule has 1 saturated carbocycles. The molecule has 7 heteroatoms. The number of benzene rings is 1. The first-order chi connectivity index (χ1) is 14.1. The van der Waals surface area contributed by atoms with Crippen LogP contribution in [0.5, 0.6) is 5.75 Å². The topological polar surface area (TPSA) is 88.2 Å². The number of aromatic amines is 1. The first-order valence-electron chi connectivity index (χ1n) is 10.5. The lowest BCUT2D eigenvalue weighted by Gasteiger charge is -2.31. The summed E-state index contributed by atoms with van der Waals surface area (Å²) in [6, 6.07) is 7.73. The lowest BCUT2D eigenvalue weighted by Crippen LogP contribution is -2.38. The summed E-state index contributed by atoms with van der Waals surface area (Å²) in [6.45, 7) is 2.68. The number of hydrogen-bond donors (Lipinski definition) is 1. The van der Waals surface area contributed by atoms with Gasteiger partial charge in [-0.2, -0.15) is 0 Å². The highest BCUT2D eigenvalue weighted by Gasteiger charge is 2.22. The van der Waals surface area contributed by atoms with Crippen LogP contribution in [0.3, 0.4) is 0 Å². The average Bonchev–Trinajstić information content (AvgIpc) is 2.77. The summed E-state index contributed by atoms with van der Waals surface area (Å²) in [6.07, 6.45) is 7.23. The van der Waals surface area contributed by atoms with E-state index >= 15 is 0 Å². The van der Waals surface area contributed by atoms with Crippen LogP contribution in [0.15, 0.2) is 29.1 Å². The third kappa shape index (κ3) is 5.65. The second kappa shape index (κ2) is 10.2. The van der Waals surface area contributed by atoms with Crippen LogP contribution in [0.1, 0.15) is 57.6 Å². The molecule has 1 fully saturated rings. The van der Waals surface area contributed by atoms with Gasteiger partial charge >= 0.3 is 0 Å². The van der Waals surface area contributed by atoms with Gasteiger partial charge in [0.25, 0.3) is 5.56 Å². The Kier molecular flexibility index (Phi) is 7.38. The predicted octanol–water partition coefficient (Wildman–Crippen LogP) is 3.34. The zero-order valence-corrected chi connectivity index (χ0v) is 17.3. The van der Waals surface area contributed by atoms with Gasteiger partial charge in [-0.1, -0.05) is 38.3 Å². The highest BCUT2D eigenvalue weighted by atomic mass is 16.5. The van der Waals surface area contributed by atoms with Crippen LogP contribution in [0.2, 0.25) is 0 Å². The molecule has 0 unspecified atom stereocenters. The number of rotatable bonds is 8. The minimum atomic E-state index is -0.303. The third-order valence-electron chi connectivity index (χ3n) is 5.44. The molecule has 1 aliphatic rings. The van der Waals surface area contributed by atoms with Crippen molar-refractivity contribution < 1.29 is 9.53 Å². The average molecular weight is 399 g/mol. The highest BCUT2D eigenvalue weighted by molar-refractivity contribution is 5.76. The summed E-state index contributed by atoms with van der Waals surface area (Å²) in [4.78, 5) is 29.6. The lowest BCUT2D eigenvalue weighted by atomic mass is 9.94. The Morgan fingerprint density at radius 1 is 1.24 bits per heavy atom. The van der Waals surface area contributed by atoms with Crippen molar-refractivity contribution in [2.75, 3.05) is 13.7 Å². The lowest BCUT2D eigenvalue weighted by molar-refractivity contribution is -0.132. The molecule has 7 nitrogen and oxygen atoms in total. The molecule has 1 aromatic carbocycles. The molecule has 156 valence electrons. The van der Waals surface area contributed by atoms with Gasteiger partial charge in [-0.3, -0.25) is 9.59 Å². The molecule has 1 amide bonds.